The minimum Gasteiger partial charge on any atom is -0.488 e. The van der Waals surface area contributed by atoms with Gasteiger partial charge < -0.3 is 14.0 Å². The molecule has 1 unspecified atom stereocenters. The van der Waals surface area contributed by atoms with E-state index >= 15 is 0 Å². The molecule has 2 heterocycles. The summed E-state index contributed by atoms with van der Waals surface area (Å²) in [7, 11) is -2.45. The Hall–Kier alpha value is -3.43. The van der Waals surface area contributed by atoms with Crippen molar-refractivity contribution < 1.29 is 27.5 Å². The van der Waals surface area contributed by atoms with Crippen LogP contribution in [0.5, 0.6) is 5.75 Å². The summed E-state index contributed by atoms with van der Waals surface area (Å²) in [6, 6.07) is 16.3. The molecule has 0 amide bonds. The number of hydrogen-bond donors (Lipinski definition) is 0. The molecule has 2 atom stereocenters. The van der Waals surface area contributed by atoms with E-state index in [2.05, 4.69) is 0 Å². The number of aromatic nitrogens is 1. The number of aryl methyl sites for hydroxylation is 1. The first-order valence-electron chi connectivity index (χ1n) is 13.2. The zero-order valence-electron chi connectivity index (χ0n) is 23.1. The number of carbonyl (C=O) groups is 2. The van der Waals surface area contributed by atoms with Gasteiger partial charge in [-0.15, -0.1) is 0 Å². The lowest BCUT2D eigenvalue weighted by molar-refractivity contribution is -0.140. The number of methoxy groups -OCH3 is 1. The molecule has 4 rings (SSSR count). The molecular weight excluding hydrogens is 516 g/mol. The summed E-state index contributed by atoms with van der Waals surface area (Å²) in [5, 5.41) is 0. The smallest absolute Gasteiger partial charge is 0.306 e. The second kappa shape index (κ2) is 11.8. The second-order valence-electron chi connectivity index (χ2n) is 9.86. The first-order chi connectivity index (χ1) is 18.6. The average Bonchev–Trinajstić information content (AvgIpc) is 3.32. The Balaban J connectivity index is 1.77. The van der Waals surface area contributed by atoms with Crippen LogP contribution in [-0.2, 0) is 32.6 Å². The first-order valence-corrected chi connectivity index (χ1v) is 14.7. The number of hydrogen-bond acceptors (Lipinski definition) is 6. The standard InChI is InChI=1S/C30H36N2O6S/c1-6-24-19-31(39(35,36)29-11-9-8-10-28(29)38-24)18-23-16-22(13-12-20(23)3)25(17-30(34)37-5)27-15-14-26(21(4)33)32(27)7-2/h8-16,24-25H,6-7,17-19H2,1-5H3/t24-,25?/m1/s1. The Labute approximate surface area is 230 Å². The zero-order chi connectivity index (χ0) is 28.3. The van der Waals surface area contributed by atoms with Gasteiger partial charge in [0.15, 0.2) is 5.78 Å². The van der Waals surface area contributed by atoms with Crippen molar-refractivity contribution in [2.75, 3.05) is 13.7 Å². The number of ether oxygens (including phenoxy) is 2. The van der Waals surface area contributed by atoms with E-state index in [0.717, 1.165) is 22.4 Å². The number of carbonyl (C=O) groups excluding carboxylic acids is 2. The maximum Gasteiger partial charge on any atom is 0.306 e. The molecule has 9 heteroatoms. The normalized spacial score (nSPS) is 17.5. The number of rotatable bonds is 9. The van der Waals surface area contributed by atoms with E-state index in [1.165, 1.54) is 18.3 Å². The monoisotopic (exact) mass is 552 g/mol. The highest BCUT2D eigenvalue weighted by molar-refractivity contribution is 7.89. The fourth-order valence-corrected chi connectivity index (χ4v) is 6.73. The van der Waals surface area contributed by atoms with E-state index in [-0.39, 0.29) is 48.2 Å². The molecular formula is C30H36N2O6S. The van der Waals surface area contributed by atoms with Gasteiger partial charge in [0.25, 0.3) is 0 Å². The van der Waals surface area contributed by atoms with Gasteiger partial charge in [-0.05, 0) is 61.2 Å². The fraction of sp³-hybridized carbons (Fsp3) is 0.400. The molecule has 0 saturated heterocycles. The Morgan fingerprint density at radius 1 is 1.10 bits per heavy atom. The number of benzene rings is 2. The summed E-state index contributed by atoms with van der Waals surface area (Å²) in [6.45, 7) is 8.36. The summed E-state index contributed by atoms with van der Waals surface area (Å²) in [5.41, 5.74) is 4.03. The highest BCUT2D eigenvalue weighted by Gasteiger charge is 2.34. The molecule has 208 valence electrons. The highest BCUT2D eigenvalue weighted by atomic mass is 32.2. The first kappa shape index (κ1) is 28.6. The molecule has 1 aliphatic heterocycles. The van der Waals surface area contributed by atoms with Crippen LogP contribution in [-0.4, -0.2) is 48.8 Å². The van der Waals surface area contributed by atoms with Gasteiger partial charge in [0, 0.05) is 31.6 Å². The lowest BCUT2D eigenvalue weighted by atomic mass is 9.90. The highest BCUT2D eigenvalue weighted by Crippen LogP contribution is 2.35. The van der Waals surface area contributed by atoms with Crippen LogP contribution in [0.4, 0.5) is 0 Å². The maximum absolute atomic E-state index is 13.7. The number of Topliss-reactive ketones (excluding diaryl/α,β-unsaturated/α-hetero) is 1. The minimum atomic E-state index is -3.81. The molecule has 39 heavy (non-hydrogen) atoms. The van der Waals surface area contributed by atoms with Gasteiger partial charge in [0.2, 0.25) is 10.0 Å². The third kappa shape index (κ3) is 5.79. The van der Waals surface area contributed by atoms with Gasteiger partial charge in [0.05, 0.1) is 25.8 Å². The summed E-state index contributed by atoms with van der Waals surface area (Å²) in [4.78, 5) is 24.9. The molecule has 0 radical (unpaired) electrons. The lowest BCUT2D eigenvalue weighted by Crippen LogP contribution is -2.36. The third-order valence-electron chi connectivity index (χ3n) is 7.39. The van der Waals surface area contributed by atoms with Gasteiger partial charge >= 0.3 is 5.97 Å². The number of para-hydroxylation sites is 1. The lowest BCUT2D eigenvalue weighted by Gasteiger charge is -2.25. The largest absolute Gasteiger partial charge is 0.488 e. The van der Waals surface area contributed by atoms with Crippen LogP contribution in [0.2, 0.25) is 0 Å². The van der Waals surface area contributed by atoms with Gasteiger partial charge in [-0.1, -0.05) is 37.3 Å². The van der Waals surface area contributed by atoms with Crippen LogP contribution in [0.15, 0.2) is 59.5 Å². The van der Waals surface area contributed by atoms with Crippen LogP contribution >= 0.6 is 0 Å². The maximum atomic E-state index is 13.7. The van der Waals surface area contributed by atoms with E-state index < -0.39 is 10.0 Å². The zero-order valence-corrected chi connectivity index (χ0v) is 24.0. The van der Waals surface area contributed by atoms with Crippen molar-refractivity contribution in [3.8, 4) is 5.75 Å². The molecule has 3 aromatic rings. The van der Waals surface area contributed by atoms with Crippen LogP contribution in [0.25, 0.3) is 0 Å². The molecule has 0 saturated carbocycles. The summed E-state index contributed by atoms with van der Waals surface area (Å²) >= 11 is 0. The molecule has 0 N–H and O–H groups in total. The Kier molecular flexibility index (Phi) is 8.61. The Morgan fingerprint density at radius 3 is 2.51 bits per heavy atom. The van der Waals surface area contributed by atoms with E-state index in [1.54, 1.807) is 30.3 Å². The van der Waals surface area contributed by atoms with Crippen LogP contribution in [0.3, 0.4) is 0 Å². The number of esters is 1. The molecule has 8 nitrogen and oxygen atoms in total. The average molecular weight is 553 g/mol. The van der Waals surface area contributed by atoms with Gasteiger partial charge in [0.1, 0.15) is 16.7 Å². The summed E-state index contributed by atoms with van der Waals surface area (Å²) < 4.78 is 41.9. The number of nitrogens with zero attached hydrogens (tertiary/aromatic N) is 2. The van der Waals surface area contributed by atoms with E-state index in [0.29, 0.717) is 24.4 Å². The van der Waals surface area contributed by atoms with Crippen LogP contribution in [0.1, 0.15) is 72.4 Å². The molecule has 1 aliphatic rings. The van der Waals surface area contributed by atoms with Crippen molar-refractivity contribution in [3.63, 3.8) is 0 Å². The third-order valence-corrected chi connectivity index (χ3v) is 9.24. The number of fused-ring (bicyclic) bond motifs is 1. The summed E-state index contributed by atoms with van der Waals surface area (Å²) in [6.07, 6.45) is 0.464. The van der Waals surface area contributed by atoms with Crippen molar-refractivity contribution in [2.45, 2.75) is 70.5 Å². The van der Waals surface area contributed by atoms with Crippen molar-refractivity contribution >= 4 is 21.8 Å². The second-order valence-corrected chi connectivity index (χ2v) is 11.8. The summed E-state index contributed by atoms with van der Waals surface area (Å²) in [5.74, 6) is -0.427. The van der Waals surface area contributed by atoms with Crippen LogP contribution in [0, 0.1) is 6.92 Å². The van der Waals surface area contributed by atoms with Gasteiger partial charge in [-0.25, -0.2) is 8.42 Å². The molecule has 0 bridgehead atoms. The predicted molar refractivity (Wildman–Crippen MR) is 149 cm³/mol. The van der Waals surface area contributed by atoms with Gasteiger partial charge in [-0.3, -0.25) is 9.59 Å². The van der Waals surface area contributed by atoms with Gasteiger partial charge in [-0.2, -0.15) is 4.31 Å². The Morgan fingerprint density at radius 2 is 1.85 bits per heavy atom. The van der Waals surface area contributed by atoms with Crippen molar-refractivity contribution in [2.24, 2.45) is 0 Å². The van der Waals surface area contributed by atoms with E-state index in [1.807, 2.05) is 49.6 Å². The van der Waals surface area contributed by atoms with Crippen LogP contribution < -0.4 is 4.74 Å². The molecule has 0 spiro atoms. The van der Waals surface area contributed by atoms with Crippen molar-refractivity contribution in [1.29, 1.82) is 0 Å². The Bertz CT molecular complexity index is 1480. The fourth-order valence-electron chi connectivity index (χ4n) is 5.16. The van der Waals surface area contributed by atoms with E-state index in [9.17, 15) is 18.0 Å². The SMILES string of the molecule is CC[C@@H]1CN(Cc2cc(C(CC(=O)OC)c3ccc(C(C)=O)n3CC)ccc2C)S(=O)(=O)c2ccccc2O1. The molecule has 1 aromatic heterocycles. The van der Waals surface area contributed by atoms with E-state index in [4.69, 9.17) is 9.47 Å². The topological polar surface area (TPSA) is 94.9 Å². The number of ketones is 1. The molecule has 0 fully saturated rings. The quantitative estimate of drug-likeness (QED) is 0.272. The minimum absolute atomic E-state index is 0.0520. The molecule has 2 aromatic carbocycles. The van der Waals surface area contributed by atoms with Crippen molar-refractivity contribution in [1.82, 2.24) is 8.87 Å². The molecule has 0 aliphatic carbocycles. The predicted octanol–water partition coefficient (Wildman–Crippen LogP) is 5.08. The number of sulfonamides is 1. The van der Waals surface area contributed by atoms with Crippen molar-refractivity contribution in [3.05, 3.63) is 82.7 Å².